The van der Waals surface area contributed by atoms with Gasteiger partial charge in [0, 0.05) is 10.7 Å². The van der Waals surface area contributed by atoms with Gasteiger partial charge in [-0.3, -0.25) is 0 Å². The molecule has 48 valence electrons. The quantitative estimate of drug-likeness (QED) is 0.529. The Morgan fingerprint density at radius 2 is 2.33 bits per heavy atom. The SMILES string of the molecule is Clc1ncc(Br)cc1I. The molecule has 0 aromatic carbocycles. The minimum absolute atomic E-state index is 0.554. The summed E-state index contributed by atoms with van der Waals surface area (Å²) >= 11 is 11.0. The maximum absolute atomic E-state index is 5.64. The summed E-state index contributed by atoms with van der Waals surface area (Å²) in [6, 6.07) is 1.91. The molecular formula is C5H2BrClIN. The number of aromatic nitrogens is 1. The fourth-order valence-electron chi connectivity index (χ4n) is 0.398. The summed E-state index contributed by atoms with van der Waals surface area (Å²) in [5.41, 5.74) is 0. The number of halogens is 3. The van der Waals surface area contributed by atoms with Crippen molar-refractivity contribution in [3.8, 4) is 0 Å². The summed E-state index contributed by atoms with van der Waals surface area (Å²) in [5, 5.41) is 0.554. The lowest BCUT2D eigenvalue weighted by molar-refractivity contribution is 1.29. The zero-order valence-corrected chi connectivity index (χ0v) is 8.74. The van der Waals surface area contributed by atoms with Gasteiger partial charge >= 0.3 is 0 Å². The first-order valence-corrected chi connectivity index (χ1v) is 4.41. The zero-order chi connectivity index (χ0) is 6.85. The molecule has 0 bridgehead atoms. The van der Waals surface area contributed by atoms with Gasteiger partial charge in [-0.15, -0.1) is 0 Å². The van der Waals surface area contributed by atoms with Gasteiger partial charge in [0.05, 0.1) is 3.57 Å². The second-order valence-corrected chi connectivity index (χ2v) is 3.86. The molecule has 1 aromatic heterocycles. The van der Waals surface area contributed by atoms with Crippen LogP contribution in [-0.4, -0.2) is 4.98 Å². The van der Waals surface area contributed by atoms with Gasteiger partial charge in [0.2, 0.25) is 0 Å². The van der Waals surface area contributed by atoms with Crippen LogP contribution in [0.3, 0.4) is 0 Å². The molecule has 0 N–H and O–H groups in total. The number of rotatable bonds is 0. The van der Waals surface area contributed by atoms with E-state index in [9.17, 15) is 0 Å². The largest absolute Gasteiger partial charge is 0.242 e. The Morgan fingerprint density at radius 3 is 2.78 bits per heavy atom. The second kappa shape index (κ2) is 3.16. The molecule has 0 aliphatic carbocycles. The van der Waals surface area contributed by atoms with E-state index in [1.54, 1.807) is 6.20 Å². The van der Waals surface area contributed by atoms with Crippen LogP contribution >= 0.6 is 50.1 Å². The summed E-state index contributed by atoms with van der Waals surface area (Å²) < 4.78 is 1.92. The van der Waals surface area contributed by atoms with Crippen LogP contribution in [0, 0.1) is 3.57 Å². The predicted octanol–water partition coefficient (Wildman–Crippen LogP) is 3.10. The van der Waals surface area contributed by atoms with Crippen molar-refractivity contribution in [2.24, 2.45) is 0 Å². The molecule has 1 aromatic rings. The van der Waals surface area contributed by atoms with Crippen molar-refractivity contribution in [1.82, 2.24) is 4.98 Å². The molecule has 1 nitrogen and oxygen atoms in total. The first-order chi connectivity index (χ1) is 4.20. The molecule has 0 radical (unpaired) electrons. The first-order valence-electron chi connectivity index (χ1n) is 2.16. The van der Waals surface area contributed by atoms with E-state index in [0.29, 0.717) is 5.15 Å². The van der Waals surface area contributed by atoms with Gasteiger partial charge in [-0.25, -0.2) is 4.98 Å². The Labute approximate surface area is 80.1 Å². The maximum Gasteiger partial charge on any atom is 0.142 e. The van der Waals surface area contributed by atoms with Crippen molar-refractivity contribution in [1.29, 1.82) is 0 Å². The van der Waals surface area contributed by atoms with E-state index < -0.39 is 0 Å². The predicted molar refractivity (Wildman–Crippen MR) is 49.7 cm³/mol. The van der Waals surface area contributed by atoms with Crippen molar-refractivity contribution in [3.05, 3.63) is 25.5 Å². The van der Waals surface area contributed by atoms with Crippen LogP contribution in [0.2, 0.25) is 5.15 Å². The highest BCUT2D eigenvalue weighted by atomic mass is 127. The molecule has 0 fully saturated rings. The summed E-state index contributed by atoms with van der Waals surface area (Å²) in [4.78, 5) is 3.89. The highest BCUT2D eigenvalue weighted by Gasteiger charge is 1.95. The van der Waals surface area contributed by atoms with Gasteiger partial charge < -0.3 is 0 Å². The smallest absolute Gasteiger partial charge is 0.142 e. The van der Waals surface area contributed by atoms with Crippen LogP contribution in [0.4, 0.5) is 0 Å². The first kappa shape index (κ1) is 7.75. The van der Waals surface area contributed by atoms with Gasteiger partial charge in [0.1, 0.15) is 5.15 Å². The molecule has 0 saturated heterocycles. The summed E-state index contributed by atoms with van der Waals surface area (Å²) in [7, 11) is 0. The van der Waals surface area contributed by atoms with E-state index in [1.165, 1.54) is 0 Å². The molecule has 0 unspecified atom stereocenters. The Kier molecular flexibility index (Phi) is 2.73. The van der Waals surface area contributed by atoms with E-state index in [0.717, 1.165) is 8.04 Å². The molecular weight excluding hydrogens is 316 g/mol. The van der Waals surface area contributed by atoms with Crippen molar-refractivity contribution < 1.29 is 0 Å². The van der Waals surface area contributed by atoms with Gasteiger partial charge in [-0.1, -0.05) is 11.6 Å². The van der Waals surface area contributed by atoms with Crippen LogP contribution in [0.5, 0.6) is 0 Å². The molecule has 1 heterocycles. The molecule has 0 aliphatic rings. The van der Waals surface area contributed by atoms with Crippen LogP contribution in [0.15, 0.2) is 16.7 Å². The van der Waals surface area contributed by atoms with Crippen LogP contribution in [0.25, 0.3) is 0 Å². The standard InChI is InChI=1S/C5H2BrClIN/c6-3-1-4(8)5(7)9-2-3/h1-2H. The van der Waals surface area contributed by atoms with Crippen molar-refractivity contribution in [2.45, 2.75) is 0 Å². The van der Waals surface area contributed by atoms with E-state index in [4.69, 9.17) is 11.6 Å². The topological polar surface area (TPSA) is 12.9 Å². The highest BCUT2D eigenvalue weighted by Crippen LogP contribution is 2.18. The molecule has 0 aliphatic heterocycles. The maximum atomic E-state index is 5.64. The van der Waals surface area contributed by atoms with E-state index >= 15 is 0 Å². The van der Waals surface area contributed by atoms with E-state index in [2.05, 4.69) is 43.5 Å². The van der Waals surface area contributed by atoms with Crippen molar-refractivity contribution in [3.63, 3.8) is 0 Å². The number of hydrogen-bond acceptors (Lipinski definition) is 1. The lowest BCUT2D eigenvalue weighted by atomic mass is 10.5. The van der Waals surface area contributed by atoms with E-state index in [-0.39, 0.29) is 0 Å². The van der Waals surface area contributed by atoms with Gasteiger partial charge in [-0.2, -0.15) is 0 Å². The Morgan fingerprint density at radius 1 is 1.67 bits per heavy atom. The minimum atomic E-state index is 0.554. The van der Waals surface area contributed by atoms with Gasteiger partial charge in [0.15, 0.2) is 0 Å². The van der Waals surface area contributed by atoms with Gasteiger partial charge in [-0.05, 0) is 44.6 Å². The Hall–Kier alpha value is 0.650. The van der Waals surface area contributed by atoms with Gasteiger partial charge in [0.25, 0.3) is 0 Å². The lowest BCUT2D eigenvalue weighted by Gasteiger charge is -1.92. The van der Waals surface area contributed by atoms with Crippen LogP contribution < -0.4 is 0 Å². The Bertz CT molecular complexity index is 228. The average molecular weight is 318 g/mol. The third kappa shape index (κ3) is 2.05. The van der Waals surface area contributed by atoms with E-state index in [1.807, 2.05) is 6.07 Å². The highest BCUT2D eigenvalue weighted by molar-refractivity contribution is 14.1. The summed E-state index contributed by atoms with van der Waals surface area (Å²) in [6.45, 7) is 0. The molecule has 9 heavy (non-hydrogen) atoms. The molecule has 0 amide bonds. The average Bonchev–Trinajstić information content (AvgIpc) is 1.80. The minimum Gasteiger partial charge on any atom is -0.242 e. The van der Waals surface area contributed by atoms with Crippen molar-refractivity contribution >= 4 is 50.1 Å². The zero-order valence-electron chi connectivity index (χ0n) is 4.24. The fourth-order valence-corrected chi connectivity index (χ4v) is 1.74. The molecule has 0 atom stereocenters. The number of hydrogen-bond donors (Lipinski definition) is 0. The second-order valence-electron chi connectivity index (χ2n) is 1.43. The third-order valence-electron chi connectivity index (χ3n) is 0.763. The Balaban J connectivity index is 3.17. The number of nitrogens with zero attached hydrogens (tertiary/aromatic N) is 1. The van der Waals surface area contributed by atoms with Crippen LogP contribution in [0.1, 0.15) is 0 Å². The number of pyridine rings is 1. The molecule has 0 spiro atoms. The fraction of sp³-hybridized carbons (Fsp3) is 0. The molecule has 4 heteroatoms. The normalized spacial score (nSPS) is 9.67. The summed E-state index contributed by atoms with van der Waals surface area (Å²) in [6.07, 6.45) is 1.67. The lowest BCUT2D eigenvalue weighted by Crippen LogP contribution is -1.78. The summed E-state index contributed by atoms with van der Waals surface area (Å²) in [5.74, 6) is 0. The molecule has 0 saturated carbocycles. The van der Waals surface area contributed by atoms with Crippen LogP contribution in [-0.2, 0) is 0 Å². The monoisotopic (exact) mass is 317 g/mol. The third-order valence-corrected chi connectivity index (χ3v) is 2.64. The van der Waals surface area contributed by atoms with Crippen molar-refractivity contribution in [2.75, 3.05) is 0 Å². The molecule has 1 rings (SSSR count).